The number of nitrogens with zero attached hydrogens (tertiary/aromatic N) is 5. The summed E-state index contributed by atoms with van der Waals surface area (Å²) >= 11 is 9.20. The minimum absolute atomic E-state index is 0.0717. The van der Waals surface area contributed by atoms with Gasteiger partial charge in [-0.05, 0) is 62.3 Å². The van der Waals surface area contributed by atoms with Gasteiger partial charge in [-0.2, -0.15) is 5.10 Å². The van der Waals surface area contributed by atoms with Crippen molar-refractivity contribution in [2.75, 3.05) is 17.7 Å². The second-order valence-electron chi connectivity index (χ2n) is 9.76. The van der Waals surface area contributed by atoms with Crippen LogP contribution in [0.25, 0.3) is 17.2 Å². The third-order valence-corrected chi connectivity index (χ3v) is 9.27. The number of aryl methyl sites for hydroxylation is 2. The quantitative estimate of drug-likeness (QED) is 0.183. The molecule has 1 aliphatic rings. The van der Waals surface area contributed by atoms with Crippen LogP contribution in [-0.2, 0) is 29.4 Å². The average Bonchev–Trinajstić information content (AvgIpc) is 3.60. The highest BCUT2D eigenvalue weighted by molar-refractivity contribution is 7.99. The first-order valence-electron chi connectivity index (χ1n) is 13.2. The standard InChI is InChI=1S/C28H31ClN6O3S2/c1-5-17-10-11-19-21(13-17)40-26(23(19)27(37)38-6-2)30-22(36)15-39-28-32-31-25(24-20(29)14-34(4)33-24)35(28)18-9-7-8-16(3)12-18/h7-9,12,14,17H,5-6,10-11,13,15H2,1-4H3,(H,30,36)/t17-/m1/s1. The Kier molecular flexibility index (Phi) is 8.62. The van der Waals surface area contributed by atoms with Crippen molar-refractivity contribution in [3.05, 3.63) is 57.1 Å². The van der Waals surface area contributed by atoms with Gasteiger partial charge in [0.15, 0.2) is 11.0 Å². The van der Waals surface area contributed by atoms with Crippen molar-refractivity contribution in [1.82, 2.24) is 24.5 Å². The Labute approximate surface area is 246 Å². The summed E-state index contributed by atoms with van der Waals surface area (Å²) in [6.45, 7) is 6.27. The highest BCUT2D eigenvalue weighted by Crippen LogP contribution is 2.41. The molecule has 1 N–H and O–H groups in total. The van der Waals surface area contributed by atoms with Gasteiger partial charge in [0.1, 0.15) is 10.7 Å². The number of rotatable bonds is 9. The summed E-state index contributed by atoms with van der Waals surface area (Å²) < 4.78 is 8.84. The molecular weight excluding hydrogens is 568 g/mol. The second kappa shape index (κ2) is 12.2. The number of esters is 1. The molecule has 0 aliphatic heterocycles. The number of hydrogen-bond donors (Lipinski definition) is 1. The van der Waals surface area contributed by atoms with E-state index in [0.717, 1.165) is 42.5 Å². The Morgan fingerprint density at radius 1 is 1.27 bits per heavy atom. The molecule has 0 saturated carbocycles. The number of anilines is 1. The van der Waals surface area contributed by atoms with E-state index in [1.54, 1.807) is 24.9 Å². The summed E-state index contributed by atoms with van der Waals surface area (Å²) in [4.78, 5) is 27.3. The topological polar surface area (TPSA) is 104 Å². The molecular formula is C28H31ClN6O3S2. The average molecular weight is 599 g/mol. The number of halogens is 1. The van der Waals surface area contributed by atoms with Crippen molar-refractivity contribution in [1.29, 1.82) is 0 Å². The van der Waals surface area contributed by atoms with E-state index in [0.29, 0.717) is 38.2 Å². The first-order valence-corrected chi connectivity index (χ1v) is 15.4. The van der Waals surface area contributed by atoms with Crippen LogP contribution in [0.2, 0.25) is 5.02 Å². The van der Waals surface area contributed by atoms with E-state index in [1.165, 1.54) is 28.0 Å². The van der Waals surface area contributed by atoms with E-state index in [4.69, 9.17) is 16.3 Å². The number of nitrogens with one attached hydrogen (secondary N) is 1. The van der Waals surface area contributed by atoms with E-state index in [1.807, 2.05) is 35.8 Å². The van der Waals surface area contributed by atoms with Gasteiger partial charge in [-0.25, -0.2) is 4.79 Å². The Morgan fingerprint density at radius 3 is 2.80 bits per heavy atom. The summed E-state index contributed by atoms with van der Waals surface area (Å²) in [5, 5.41) is 17.8. The lowest BCUT2D eigenvalue weighted by Crippen LogP contribution is -2.18. The van der Waals surface area contributed by atoms with Gasteiger partial charge < -0.3 is 10.1 Å². The number of carbonyl (C=O) groups excluding carboxylic acids is 2. The largest absolute Gasteiger partial charge is 0.462 e. The molecule has 12 heteroatoms. The number of aromatic nitrogens is 5. The Bertz CT molecular complexity index is 1560. The van der Waals surface area contributed by atoms with Gasteiger partial charge in [-0.1, -0.05) is 48.8 Å². The van der Waals surface area contributed by atoms with Gasteiger partial charge >= 0.3 is 5.97 Å². The van der Waals surface area contributed by atoms with Crippen LogP contribution in [0.15, 0.2) is 35.6 Å². The number of fused-ring (bicyclic) bond motifs is 1. The Morgan fingerprint density at radius 2 is 2.10 bits per heavy atom. The molecule has 0 saturated heterocycles. The molecule has 0 fully saturated rings. The van der Waals surface area contributed by atoms with Crippen LogP contribution >= 0.6 is 34.7 Å². The van der Waals surface area contributed by atoms with Crippen LogP contribution in [0.3, 0.4) is 0 Å². The molecule has 4 aromatic rings. The van der Waals surface area contributed by atoms with Crippen LogP contribution in [0.4, 0.5) is 5.00 Å². The lowest BCUT2D eigenvalue weighted by Gasteiger charge is -2.20. The number of ether oxygens (including phenoxy) is 1. The second-order valence-corrected chi connectivity index (χ2v) is 12.2. The lowest BCUT2D eigenvalue weighted by atomic mass is 9.85. The fourth-order valence-corrected chi connectivity index (χ4v) is 7.31. The van der Waals surface area contributed by atoms with E-state index < -0.39 is 0 Å². The summed E-state index contributed by atoms with van der Waals surface area (Å²) in [5.74, 6) is 0.532. The Balaban J connectivity index is 1.40. The predicted octanol–water partition coefficient (Wildman–Crippen LogP) is 6.11. The van der Waals surface area contributed by atoms with Crippen molar-refractivity contribution in [2.45, 2.75) is 51.6 Å². The SMILES string of the molecule is CCOC(=O)c1c(NC(=O)CSc2nnc(-c3nn(C)cc3Cl)n2-c2cccc(C)c2)sc2c1CC[C@@H](CC)C2. The van der Waals surface area contributed by atoms with E-state index in [9.17, 15) is 9.59 Å². The van der Waals surface area contributed by atoms with Crippen LogP contribution in [0.5, 0.6) is 0 Å². The molecule has 3 heterocycles. The van der Waals surface area contributed by atoms with E-state index in [-0.39, 0.29) is 24.2 Å². The highest BCUT2D eigenvalue weighted by Gasteiger charge is 2.30. The molecule has 9 nitrogen and oxygen atoms in total. The normalized spacial score (nSPS) is 14.7. The number of amides is 1. The van der Waals surface area contributed by atoms with Crippen molar-refractivity contribution in [3.8, 4) is 17.2 Å². The van der Waals surface area contributed by atoms with Crippen LogP contribution in [-0.4, -0.2) is 48.8 Å². The monoisotopic (exact) mass is 598 g/mol. The van der Waals surface area contributed by atoms with Crippen LogP contribution in [0.1, 0.15) is 53.1 Å². The van der Waals surface area contributed by atoms with Gasteiger partial charge in [0, 0.05) is 18.1 Å². The van der Waals surface area contributed by atoms with Crippen molar-refractivity contribution < 1.29 is 14.3 Å². The van der Waals surface area contributed by atoms with Crippen molar-refractivity contribution in [3.63, 3.8) is 0 Å². The maximum Gasteiger partial charge on any atom is 0.341 e. The molecule has 3 aromatic heterocycles. The molecule has 0 radical (unpaired) electrons. The van der Waals surface area contributed by atoms with Crippen LogP contribution < -0.4 is 5.32 Å². The molecule has 0 spiro atoms. The number of benzene rings is 1. The van der Waals surface area contributed by atoms with Gasteiger partial charge in [0.2, 0.25) is 5.91 Å². The molecule has 40 heavy (non-hydrogen) atoms. The first-order chi connectivity index (χ1) is 19.3. The molecule has 1 aliphatic carbocycles. The summed E-state index contributed by atoms with van der Waals surface area (Å²) in [6, 6.07) is 7.92. The predicted molar refractivity (Wildman–Crippen MR) is 159 cm³/mol. The molecule has 210 valence electrons. The third-order valence-electron chi connectivity index (χ3n) is 6.90. The summed E-state index contributed by atoms with van der Waals surface area (Å²) in [7, 11) is 1.79. The van der Waals surface area contributed by atoms with Gasteiger partial charge in [0.25, 0.3) is 0 Å². The zero-order valence-electron chi connectivity index (χ0n) is 22.9. The Hall–Kier alpha value is -3.15. The summed E-state index contributed by atoms with van der Waals surface area (Å²) in [6.07, 6.45) is 5.58. The van der Waals surface area contributed by atoms with Gasteiger partial charge in [0.05, 0.1) is 28.6 Å². The van der Waals surface area contributed by atoms with Gasteiger partial charge in [-0.3, -0.25) is 14.0 Å². The fraction of sp³-hybridized carbons (Fsp3) is 0.393. The first kappa shape index (κ1) is 28.4. The molecule has 0 unspecified atom stereocenters. The molecule has 1 aromatic carbocycles. The number of hydrogen-bond acceptors (Lipinski definition) is 8. The maximum atomic E-state index is 13.2. The minimum atomic E-state index is -0.381. The third kappa shape index (κ3) is 5.82. The van der Waals surface area contributed by atoms with E-state index in [2.05, 4.69) is 27.5 Å². The van der Waals surface area contributed by atoms with Gasteiger partial charge in [-0.15, -0.1) is 21.5 Å². The lowest BCUT2D eigenvalue weighted by molar-refractivity contribution is -0.113. The number of thioether (sulfide) groups is 1. The molecule has 5 rings (SSSR count). The maximum absolute atomic E-state index is 13.2. The van der Waals surface area contributed by atoms with Crippen molar-refractivity contribution >= 4 is 51.6 Å². The highest BCUT2D eigenvalue weighted by atomic mass is 35.5. The number of carbonyl (C=O) groups is 2. The molecule has 1 atom stereocenters. The van der Waals surface area contributed by atoms with Crippen LogP contribution in [0, 0.1) is 12.8 Å². The zero-order chi connectivity index (χ0) is 28.4. The van der Waals surface area contributed by atoms with E-state index >= 15 is 0 Å². The molecule has 1 amide bonds. The molecule has 0 bridgehead atoms. The minimum Gasteiger partial charge on any atom is -0.462 e. The smallest absolute Gasteiger partial charge is 0.341 e. The zero-order valence-corrected chi connectivity index (χ0v) is 25.3. The summed E-state index contributed by atoms with van der Waals surface area (Å²) in [5.41, 5.74) is 3.93. The number of thiophene rings is 1. The van der Waals surface area contributed by atoms with Crippen molar-refractivity contribution in [2.24, 2.45) is 13.0 Å². The fourth-order valence-electron chi connectivity index (χ4n) is 4.93.